The second-order valence-corrected chi connectivity index (χ2v) is 7.70. The first-order valence-corrected chi connectivity index (χ1v) is 8.71. The first kappa shape index (κ1) is 16.6. The maximum Gasteiger partial charge on any atom is 0.319 e. The zero-order valence-electron chi connectivity index (χ0n) is 14.6. The van der Waals surface area contributed by atoms with Crippen LogP contribution in [0.1, 0.15) is 25.7 Å². The van der Waals surface area contributed by atoms with Crippen LogP contribution in [0.4, 0.5) is 4.79 Å². The van der Waals surface area contributed by atoms with Gasteiger partial charge in [0.05, 0.1) is 12.5 Å². The van der Waals surface area contributed by atoms with Gasteiger partial charge in [-0.25, -0.2) is 4.79 Å². The molecule has 1 saturated carbocycles. The predicted molar refractivity (Wildman–Crippen MR) is 87.0 cm³/mol. The minimum atomic E-state index is -0.0390. The van der Waals surface area contributed by atoms with E-state index in [9.17, 15) is 9.59 Å². The fourth-order valence-electron chi connectivity index (χ4n) is 4.16. The topological polar surface area (TPSA) is 53.1 Å². The molecule has 0 bridgehead atoms. The molecule has 3 rings (SSSR count). The number of nitrogens with zero attached hydrogens (tertiary/aromatic N) is 3. The fraction of sp³-hybridized carbons (Fsp3) is 0.882. The summed E-state index contributed by atoms with van der Waals surface area (Å²) >= 11 is 0. The smallest absolute Gasteiger partial charge is 0.319 e. The number of amides is 3. The SMILES string of the molecule is COCC1C(=O)N(CC2CC2)CC12CCN(C(=O)N(C)C)CC2. The number of hydrogen-bond donors (Lipinski definition) is 0. The molecule has 0 aromatic heterocycles. The third-order valence-corrected chi connectivity index (χ3v) is 5.78. The lowest BCUT2D eigenvalue weighted by Gasteiger charge is -2.42. The molecule has 0 N–H and O–H groups in total. The Balaban J connectivity index is 1.69. The van der Waals surface area contributed by atoms with Crippen LogP contribution in [0.2, 0.25) is 0 Å². The Kier molecular flexibility index (Phi) is 4.54. The van der Waals surface area contributed by atoms with E-state index < -0.39 is 0 Å². The van der Waals surface area contributed by atoms with Crippen LogP contribution in [-0.4, -0.2) is 80.6 Å². The molecule has 0 aromatic carbocycles. The van der Waals surface area contributed by atoms with Crippen molar-refractivity contribution in [2.45, 2.75) is 25.7 Å². The molecule has 1 spiro atoms. The molecule has 0 aromatic rings. The first-order valence-electron chi connectivity index (χ1n) is 8.71. The van der Waals surface area contributed by atoms with E-state index in [-0.39, 0.29) is 23.3 Å². The van der Waals surface area contributed by atoms with E-state index in [0.717, 1.165) is 39.0 Å². The van der Waals surface area contributed by atoms with Crippen molar-refractivity contribution >= 4 is 11.9 Å². The zero-order chi connectivity index (χ0) is 16.6. The highest BCUT2D eigenvalue weighted by Gasteiger charge is 2.53. The van der Waals surface area contributed by atoms with Crippen molar-refractivity contribution in [3.8, 4) is 0 Å². The van der Waals surface area contributed by atoms with Crippen LogP contribution >= 0.6 is 0 Å². The Labute approximate surface area is 138 Å². The average molecular weight is 323 g/mol. The van der Waals surface area contributed by atoms with Crippen LogP contribution in [0.3, 0.4) is 0 Å². The molecule has 0 radical (unpaired) electrons. The van der Waals surface area contributed by atoms with Gasteiger partial charge in [0, 0.05) is 52.8 Å². The second kappa shape index (κ2) is 6.30. The van der Waals surface area contributed by atoms with Gasteiger partial charge in [0.1, 0.15) is 0 Å². The molecule has 23 heavy (non-hydrogen) atoms. The van der Waals surface area contributed by atoms with Gasteiger partial charge in [-0.15, -0.1) is 0 Å². The third kappa shape index (κ3) is 3.18. The molecule has 1 atom stereocenters. The number of urea groups is 1. The first-order chi connectivity index (χ1) is 11.0. The van der Waals surface area contributed by atoms with Gasteiger partial charge in [0.2, 0.25) is 5.91 Å². The number of carbonyl (C=O) groups excluding carboxylic acids is 2. The minimum Gasteiger partial charge on any atom is -0.384 e. The quantitative estimate of drug-likeness (QED) is 0.783. The fourth-order valence-corrected chi connectivity index (χ4v) is 4.16. The molecule has 1 unspecified atom stereocenters. The van der Waals surface area contributed by atoms with E-state index in [1.165, 1.54) is 12.8 Å². The Morgan fingerprint density at radius 3 is 2.48 bits per heavy atom. The van der Waals surface area contributed by atoms with E-state index >= 15 is 0 Å². The summed E-state index contributed by atoms with van der Waals surface area (Å²) < 4.78 is 5.37. The molecular weight excluding hydrogens is 294 g/mol. The number of carbonyl (C=O) groups is 2. The Hall–Kier alpha value is -1.30. The maximum absolute atomic E-state index is 12.8. The van der Waals surface area contributed by atoms with Gasteiger partial charge in [-0.2, -0.15) is 0 Å². The number of rotatable bonds is 4. The van der Waals surface area contributed by atoms with Gasteiger partial charge >= 0.3 is 6.03 Å². The van der Waals surface area contributed by atoms with E-state index in [0.29, 0.717) is 12.5 Å². The highest BCUT2D eigenvalue weighted by molar-refractivity contribution is 5.82. The van der Waals surface area contributed by atoms with E-state index in [4.69, 9.17) is 4.74 Å². The summed E-state index contributed by atoms with van der Waals surface area (Å²) in [5.41, 5.74) is -0.00885. The lowest BCUT2D eigenvalue weighted by atomic mass is 9.71. The number of hydrogen-bond acceptors (Lipinski definition) is 3. The van der Waals surface area contributed by atoms with Crippen LogP contribution in [0.25, 0.3) is 0 Å². The van der Waals surface area contributed by atoms with Gasteiger partial charge < -0.3 is 19.4 Å². The Morgan fingerprint density at radius 2 is 1.96 bits per heavy atom. The molecule has 3 amide bonds. The molecule has 130 valence electrons. The number of likely N-dealkylation sites (tertiary alicyclic amines) is 2. The van der Waals surface area contributed by atoms with Crippen LogP contribution in [0, 0.1) is 17.3 Å². The average Bonchev–Trinajstić information content (AvgIpc) is 3.31. The van der Waals surface area contributed by atoms with Gasteiger partial charge in [0.25, 0.3) is 0 Å². The molecule has 2 heterocycles. The lowest BCUT2D eigenvalue weighted by molar-refractivity contribution is -0.133. The number of methoxy groups -OCH3 is 1. The lowest BCUT2D eigenvalue weighted by Crippen LogP contribution is -2.49. The normalized spacial score (nSPS) is 26.9. The van der Waals surface area contributed by atoms with Crippen molar-refractivity contribution in [1.82, 2.24) is 14.7 Å². The summed E-state index contributed by atoms with van der Waals surface area (Å²) in [4.78, 5) is 30.6. The maximum atomic E-state index is 12.8. The van der Waals surface area contributed by atoms with Gasteiger partial charge in [-0.3, -0.25) is 4.79 Å². The summed E-state index contributed by atoms with van der Waals surface area (Å²) in [7, 11) is 5.25. The van der Waals surface area contributed by atoms with Crippen molar-refractivity contribution in [2.24, 2.45) is 17.3 Å². The van der Waals surface area contributed by atoms with Crippen molar-refractivity contribution in [3.05, 3.63) is 0 Å². The standard InChI is InChI=1S/C17H29N3O3/c1-18(2)16(22)19-8-6-17(7-9-19)12-20(10-13-4-5-13)15(21)14(17)11-23-3/h13-14H,4-12H2,1-3H3. The van der Waals surface area contributed by atoms with E-state index in [1.807, 2.05) is 4.90 Å². The van der Waals surface area contributed by atoms with Crippen molar-refractivity contribution in [3.63, 3.8) is 0 Å². The molecular formula is C17H29N3O3. The number of ether oxygens (including phenoxy) is 1. The zero-order valence-corrected chi connectivity index (χ0v) is 14.6. The highest BCUT2D eigenvalue weighted by atomic mass is 16.5. The summed E-state index contributed by atoms with van der Waals surface area (Å²) in [5, 5.41) is 0. The van der Waals surface area contributed by atoms with Crippen molar-refractivity contribution in [1.29, 1.82) is 0 Å². The summed E-state index contributed by atoms with van der Waals surface area (Å²) in [5.74, 6) is 0.946. The van der Waals surface area contributed by atoms with Crippen LogP contribution in [0.5, 0.6) is 0 Å². The van der Waals surface area contributed by atoms with E-state index in [1.54, 1.807) is 26.1 Å². The van der Waals surface area contributed by atoms with Crippen LogP contribution < -0.4 is 0 Å². The van der Waals surface area contributed by atoms with Gasteiger partial charge in [0.15, 0.2) is 0 Å². The highest BCUT2D eigenvalue weighted by Crippen LogP contribution is 2.46. The van der Waals surface area contributed by atoms with Crippen LogP contribution in [0.15, 0.2) is 0 Å². The summed E-state index contributed by atoms with van der Waals surface area (Å²) in [6.07, 6.45) is 4.31. The van der Waals surface area contributed by atoms with Gasteiger partial charge in [-0.05, 0) is 31.6 Å². The molecule has 6 heteroatoms. The summed E-state index contributed by atoms with van der Waals surface area (Å²) in [6, 6.07) is 0.0716. The third-order valence-electron chi connectivity index (χ3n) is 5.78. The molecule has 3 aliphatic rings. The molecule has 1 aliphatic carbocycles. The number of piperidine rings is 1. The Morgan fingerprint density at radius 1 is 1.30 bits per heavy atom. The van der Waals surface area contributed by atoms with Crippen molar-refractivity contribution in [2.75, 3.05) is 54.0 Å². The minimum absolute atomic E-state index is 0.00885. The second-order valence-electron chi connectivity index (χ2n) is 7.70. The monoisotopic (exact) mass is 323 g/mol. The summed E-state index contributed by atoms with van der Waals surface area (Å²) in [6.45, 7) is 3.74. The predicted octanol–water partition coefficient (Wildman–Crippen LogP) is 1.26. The Bertz CT molecular complexity index is 468. The van der Waals surface area contributed by atoms with E-state index in [2.05, 4.69) is 4.90 Å². The van der Waals surface area contributed by atoms with Crippen molar-refractivity contribution < 1.29 is 14.3 Å². The van der Waals surface area contributed by atoms with Crippen LogP contribution in [-0.2, 0) is 9.53 Å². The largest absolute Gasteiger partial charge is 0.384 e. The molecule has 6 nitrogen and oxygen atoms in total. The molecule has 2 saturated heterocycles. The molecule has 2 aliphatic heterocycles. The molecule has 3 fully saturated rings. The van der Waals surface area contributed by atoms with Gasteiger partial charge in [-0.1, -0.05) is 0 Å².